The molecule has 0 bridgehead atoms. The number of aromatic nitrogens is 2. The molecule has 7 heteroatoms. The van der Waals surface area contributed by atoms with Crippen LogP contribution in [0.15, 0.2) is 66.9 Å². The zero-order chi connectivity index (χ0) is 26.3. The lowest BCUT2D eigenvalue weighted by Gasteiger charge is -2.29. The number of nitrogens with one attached hydrogen (secondary N) is 1. The predicted molar refractivity (Wildman–Crippen MR) is 152 cm³/mol. The number of aryl methyl sites for hydroxylation is 3. The van der Waals surface area contributed by atoms with E-state index in [9.17, 15) is 0 Å². The molecule has 1 aliphatic heterocycles. The van der Waals surface area contributed by atoms with Crippen LogP contribution in [0.1, 0.15) is 45.9 Å². The lowest BCUT2D eigenvalue weighted by atomic mass is 9.96. The Morgan fingerprint density at radius 3 is 2.41 bits per heavy atom. The van der Waals surface area contributed by atoms with E-state index in [1.54, 1.807) is 14.2 Å². The molecule has 3 heterocycles. The van der Waals surface area contributed by atoms with Crippen LogP contribution in [0.4, 0.5) is 5.69 Å². The average Bonchev–Trinajstić information content (AvgIpc) is 3.40. The van der Waals surface area contributed by atoms with Crippen LogP contribution in [-0.2, 0) is 0 Å². The molecule has 2 atom stereocenters. The van der Waals surface area contributed by atoms with Gasteiger partial charge < -0.3 is 24.3 Å². The number of rotatable bonds is 6. The molecule has 0 unspecified atom stereocenters. The van der Waals surface area contributed by atoms with E-state index >= 15 is 0 Å². The summed E-state index contributed by atoms with van der Waals surface area (Å²) in [5.74, 6) is 1.42. The molecular weight excluding hydrogens is 480 g/mol. The first-order valence-electron chi connectivity index (χ1n) is 12.3. The highest BCUT2D eigenvalue weighted by molar-refractivity contribution is 7.80. The topological polar surface area (TPSA) is 51.5 Å². The van der Waals surface area contributed by atoms with Crippen LogP contribution in [0.2, 0.25) is 0 Å². The molecule has 0 amide bonds. The van der Waals surface area contributed by atoms with Crippen LogP contribution < -0.4 is 19.7 Å². The third-order valence-electron chi connectivity index (χ3n) is 7.14. The number of anilines is 1. The maximum atomic E-state index is 5.95. The number of benzene rings is 2. The van der Waals surface area contributed by atoms with Crippen molar-refractivity contribution in [3.05, 3.63) is 101 Å². The second-order valence-corrected chi connectivity index (χ2v) is 9.87. The standard InChI is InChI=1S/C30H32N4O2S/c1-18-10-11-19(2)26(15-18)33-20(3)16-23(21(33)4)29-28(24-9-7-8-14-31-24)32-30(37)34(29)25-13-12-22(35-5)17-27(25)36-6/h7-17,28-29H,1-6H3,(H,32,37)/t28-,29-/m1/s1. The summed E-state index contributed by atoms with van der Waals surface area (Å²) in [6.07, 6.45) is 1.83. The molecule has 2 aromatic carbocycles. The van der Waals surface area contributed by atoms with Crippen molar-refractivity contribution in [2.24, 2.45) is 0 Å². The maximum absolute atomic E-state index is 5.95. The summed E-state index contributed by atoms with van der Waals surface area (Å²) in [6, 6.07) is 20.4. The van der Waals surface area contributed by atoms with Crippen LogP contribution in [0.3, 0.4) is 0 Å². The molecule has 1 N–H and O–H groups in total. The molecule has 0 saturated carbocycles. The van der Waals surface area contributed by atoms with Crippen molar-refractivity contribution in [1.82, 2.24) is 14.9 Å². The Hall–Kier alpha value is -3.84. The van der Waals surface area contributed by atoms with Gasteiger partial charge in [-0.2, -0.15) is 0 Å². The van der Waals surface area contributed by atoms with E-state index in [1.807, 2.05) is 42.6 Å². The summed E-state index contributed by atoms with van der Waals surface area (Å²) in [4.78, 5) is 6.86. The van der Waals surface area contributed by atoms with Gasteiger partial charge in [-0.3, -0.25) is 4.98 Å². The molecule has 0 spiro atoms. The quantitative estimate of drug-likeness (QED) is 0.306. The predicted octanol–water partition coefficient (Wildman–Crippen LogP) is 6.30. The van der Waals surface area contributed by atoms with Crippen LogP contribution in [0.25, 0.3) is 5.69 Å². The van der Waals surface area contributed by atoms with Gasteiger partial charge in [0.25, 0.3) is 0 Å². The molecular formula is C30H32N4O2S. The SMILES string of the molecule is COc1ccc(N2C(=S)N[C@H](c3ccccn3)[C@H]2c2cc(C)n(-c3cc(C)ccc3C)c2C)c(OC)c1. The fourth-order valence-electron chi connectivity index (χ4n) is 5.33. The Labute approximate surface area is 223 Å². The second kappa shape index (κ2) is 9.90. The average molecular weight is 513 g/mol. The molecule has 37 heavy (non-hydrogen) atoms. The maximum Gasteiger partial charge on any atom is 0.174 e. The fraction of sp³-hybridized carbons (Fsp3) is 0.267. The van der Waals surface area contributed by atoms with Gasteiger partial charge in [0.2, 0.25) is 0 Å². The minimum absolute atomic E-state index is 0.144. The van der Waals surface area contributed by atoms with Gasteiger partial charge in [-0.05, 0) is 93.0 Å². The molecule has 1 fully saturated rings. The minimum Gasteiger partial charge on any atom is -0.497 e. The number of hydrogen-bond donors (Lipinski definition) is 1. The van der Waals surface area contributed by atoms with Gasteiger partial charge >= 0.3 is 0 Å². The minimum atomic E-state index is -0.145. The van der Waals surface area contributed by atoms with Crippen molar-refractivity contribution in [3.63, 3.8) is 0 Å². The van der Waals surface area contributed by atoms with Gasteiger partial charge in [0.15, 0.2) is 5.11 Å². The largest absolute Gasteiger partial charge is 0.497 e. The Balaban J connectivity index is 1.72. The monoisotopic (exact) mass is 512 g/mol. The Morgan fingerprint density at radius 1 is 0.892 bits per heavy atom. The zero-order valence-corrected chi connectivity index (χ0v) is 22.9. The van der Waals surface area contributed by atoms with Crippen molar-refractivity contribution >= 4 is 23.0 Å². The van der Waals surface area contributed by atoms with Gasteiger partial charge in [0.05, 0.1) is 37.7 Å². The van der Waals surface area contributed by atoms with E-state index in [0.29, 0.717) is 10.9 Å². The third kappa shape index (κ3) is 4.33. The number of ether oxygens (including phenoxy) is 2. The number of nitrogens with zero attached hydrogens (tertiary/aromatic N) is 3. The van der Waals surface area contributed by atoms with Crippen LogP contribution in [-0.4, -0.2) is 28.9 Å². The number of hydrogen-bond acceptors (Lipinski definition) is 4. The van der Waals surface area contributed by atoms with E-state index < -0.39 is 0 Å². The van der Waals surface area contributed by atoms with Gasteiger partial charge in [-0.15, -0.1) is 0 Å². The van der Waals surface area contributed by atoms with E-state index in [0.717, 1.165) is 17.1 Å². The smallest absolute Gasteiger partial charge is 0.174 e. The molecule has 0 aliphatic carbocycles. The van der Waals surface area contributed by atoms with Crippen molar-refractivity contribution in [2.75, 3.05) is 19.1 Å². The Bertz CT molecular complexity index is 1460. The van der Waals surface area contributed by atoms with Gasteiger partial charge in [-0.25, -0.2) is 0 Å². The van der Waals surface area contributed by atoms with Gasteiger partial charge in [-0.1, -0.05) is 18.2 Å². The molecule has 1 saturated heterocycles. The molecule has 5 rings (SSSR count). The highest BCUT2D eigenvalue weighted by atomic mass is 32.1. The molecule has 0 radical (unpaired) electrons. The van der Waals surface area contributed by atoms with E-state index in [4.69, 9.17) is 26.7 Å². The van der Waals surface area contributed by atoms with E-state index in [1.165, 1.54) is 33.8 Å². The van der Waals surface area contributed by atoms with Crippen molar-refractivity contribution < 1.29 is 9.47 Å². The molecule has 4 aromatic rings. The van der Waals surface area contributed by atoms with Crippen LogP contribution >= 0.6 is 12.2 Å². The Morgan fingerprint density at radius 2 is 1.70 bits per heavy atom. The van der Waals surface area contributed by atoms with Crippen molar-refractivity contribution in [3.8, 4) is 17.2 Å². The normalized spacial score (nSPS) is 17.1. The summed E-state index contributed by atoms with van der Waals surface area (Å²) in [5, 5.41) is 4.19. The third-order valence-corrected chi connectivity index (χ3v) is 7.45. The summed E-state index contributed by atoms with van der Waals surface area (Å²) < 4.78 is 13.6. The second-order valence-electron chi connectivity index (χ2n) is 9.49. The number of thiocarbonyl (C=S) groups is 1. The summed E-state index contributed by atoms with van der Waals surface area (Å²) in [7, 11) is 3.32. The fourth-order valence-corrected chi connectivity index (χ4v) is 5.67. The lowest BCUT2D eigenvalue weighted by molar-refractivity contribution is 0.394. The highest BCUT2D eigenvalue weighted by Gasteiger charge is 2.43. The van der Waals surface area contributed by atoms with Crippen molar-refractivity contribution in [2.45, 2.75) is 39.8 Å². The molecule has 6 nitrogen and oxygen atoms in total. The van der Waals surface area contributed by atoms with E-state index in [2.05, 4.69) is 66.7 Å². The summed E-state index contributed by atoms with van der Waals surface area (Å²) >= 11 is 5.95. The molecule has 190 valence electrons. The van der Waals surface area contributed by atoms with Gasteiger partial charge in [0.1, 0.15) is 11.5 Å². The molecule has 1 aliphatic rings. The zero-order valence-electron chi connectivity index (χ0n) is 22.1. The number of methoxy groups -OCH3 is 2. The lowest BCUT2D eigenvalue weighted by Crippen LogP contribution is -2.30. The molecule has 2 aromatic heterocycles. The first kappa shape index (κ1) is 24.8. The summed E-state index contributed by atoms with van der Waals surface area (Å²) in [6.45, 7) is 8.63. The Kier molecular flexibility index (Phi) is 6.65. The first-order chi connectivity index (χ1) is 17.8. The van der Waals surface area contributed by atoms with Crippen LogP contribution in [0, 0.1) is 27.7 Å². The first-order valence-corrected chi connectivity index (χ1v) is 12.7. The highest BCUT2D eigenvalue weighted by Crippen LogP contribution is 2.47. The number of pyridine rings is 1. The van der Waals surface area contributed by atoms with E-state index in [-0.39, 0.29) is 12.1 Å². The van der Waals surface area contributed by atoms with Crippen molar-refractivity contribution in [1.29, 1.82) is 0 Å². The van der Waals surface area contributed by atoms with Crippen LogP contribution in [0.5, 0.6) is 11.5 Å². The summed E-state index contributed by atoms with van der Waals surface area (Å²) in [5.41, 5.74) is 8.98. The van der Waals surface area contributed by atoms with Gasteiger partial charge in [0, 0.05) is 29.3 Å².